The van der Waals surface area contributed by atoms with Crippen LogP contribution in [0.15, 0.2) is 78.9 Å². The van der Waals surface area contributed by atoms with Gasteiger partial charge in [0.25, 0.3) is 0 Å². The summed E-state index contributed by atoms with van der Waals surface area (Å²) in [7, 11) is 1.27. The van der Waals surface area contributed by atoms with Crippen LogP contribution in [-0.2, 0) is 34.3 Å². The highest BCUT2D eigenvalue weighted by molar-refractivity contribution is 6.31. The molecule has 14 heteroatoms. The number of benzene rings is 3. The molecule has 1 N–H and O–H groups in total. The van der Waals surface area contributed by atoms with Crippen LogP contribution < -0.4 is 5.32 Å². The van der Waals surface area contributed by atoms with Crippen molar-refractivity contribution in [3.63, 3.8) is 0 Å². The van der Waals surface area contributed by atoms with E-state index < -0.39 is 77.9 Å². The highest BCUT2D eigenvalue weighted by atomic mass is 35.5. The van der Waals surface area contributed by atoms with Crippen molar-refractivity contribution in [2.45, 2.75) is 147 Å². The van der Waals surface area contributed by atoms with E-state index in [4.69, 9.17) is 16.3 Å². The lowest BCUT2D eigenvalue weighted by atomic mass is 9.78. The second kappa shape index (κ2) is 22.5. The quantitative estimate of drug-likeness (QED) is 0.120. The first-order valence-electron chi connectivity index (χ1n) is 23.2. The average molecular weight is 924 g/mol. The van der Waals surface area contributed by atoms with Gasteiger partial charge in [0, 0.05) is 48.4 Å². The number of ether oxygens (including phenoxy) is 1. The summed E-state index contributed by atoms with van der Waals surface area (Å²) >= 11 is 7.02. The maximum absolute atomic E-state index is 14.8. The number of esters is 1. The molecule has 10 nitrogen and oxygen atoms in total. The van der Waals surface area contributed by atoms with Gasteiger partial charge in [-0.05, 0) is 69.9 Å². The van der Waals surface area contributed by atoms with Crippen LogP contribution in [-0.4, -0.2) is 94.8 Å². The Morgan fingerprint density at radius 3 is 1.85 bits per heavy atom. The van der Waals surface area contributed by atoms with Crippen LogP contribution in [0.1, 0.15) is 140 Å². The van der Waals surface area contributed by atoms with Gasteiger partial charge in [0.2, 0.25) is 17.7 Å². The van der Waals surface area contributed by atoms with E-state index in [1.165, 1.54) is 65.5 Å². The minimum Gasteiger partial charge on any atom is -0.444 e. The van der Waals surface area contributed by atoms with E-state index in [1.54, 1.807) is 36.9 Å². The van der Waals surface area contributed by atoms with Crippen molar-refractivity contribution in [3.05, 3.63) is 106 Å². The second-order valence-corrected chi connectivity index (χ2v) is 18.8. The molecule has 4 amide bonds. The molecule has 2 fully saturated rings. The molecule has 3 atom stereocenters. The third kappa shape index (κ3) is 12.1. The molecule has 1 aliphatic heterocycles. The molecule has 1 heterocycles. The second-order valence-electron chi connectivity index (χ2n) is 18.4. The summed E-state index contributed by atoms with van der Waals surface area (Å²) in [6.07, 6.45) is 6.35. The van der Waals surface area contributed by atoms with E-state index in [-0.39, 0.29) is 0 Å². The molecule has 1 unspecified atom stereocenters. The normalized spacial score (nSPS) is 17.4. The Morgan fingerprint density at radius 1 is 0.769 bits per heavy atom. The number of likely N-dealkylation sites (N-methyl/N-ethyl adjacent to an activating group) is 2. The van der Waals surface area contributed by atoms with Gasteiger partial charge in [0.05, 0.1) is 6.42 Å². The highest BCUT2D eigenvalue weighted by Gasteiger charge is 2.51. The zero-order valence-electron chi connectivity index (χ0n) is 38.7. The van der Waals surface area contributed by atoms with Gasteiger partial charge in [-0.1, -0.05) is 143 Å². The topological polar surface area (TPSA) is 116 Å². The molecule has 2 aliphatic rings. The van der Waals surface area contributed by atoms with Crippen LogP contribution in [0.25, 0.3) is 0 Å². The molecule has 0 aromatic heterocycles. The molecule has 5 rings (SSSR count). The van der Waals surface area contributed by atoms with E-state index >= 15 is 0 Å². The lowest BCUT2D eigenvalue weighted by Crippen LogP contribution is -2.64. The SMILES string of the molecule is CCN(C(=O)C(F)(F)F)C(C)(C)C(=O)N(C)[C@H](C(=O)N[C@@H](CC(=O)OC(c1ccccc1)(c1ccc(C2CCCCCCCCC2)cc1)c1ccccc1Cl)C(=O)N1CCCC1)C(C)C. The van der Waals surface area contributed by atoms with Gasteiger partial charge in [0.15, 0.2) is 5.60 Å². The zero-order chi connectivity index (χ0) is 47.5. The van der Waals surface area contributed by atoms with Gasteiger partial charge >= 0.3 is 18.1 Å². The van der Waals surface area contributed by atoms with Crippen LogP contribution in [0.3, 0.4) is 0 Å². The smallest absolute Gasteiger partial charge is 0.444 e. The van der Waals surface area contributed by atoms with Crippen molar-refractivity contribution in [3.8, 4) is 0 Å². The summed E-state index contributed by atoms with van der Waals surface area (Å²) in [5.41, 5.74) is -0.674. The minimum atomic E-state index is -5.24. The standard InChI is InChI=1S/C51H66ClF3N4O6/c1-7-59(48(64)51(53,54)55)49(4,5)47(63)57(6)44(35(2)3)45(61)56-42(46(62)58-32-20-21-33-58)34-43(60)65-50(38-24-16-13-17-25-38,40-26-18-19-27-41(40)52)39-30-28-37(29-31-39)36-22-14-11-9-8-10-12-15-23-36/h13,16-19,24-31,35-36,42,44H,7-12,14-15,20-23,32-34H2,1-6H3,(H,56,61)/t42-,44-,50?/m0/s1. The summed E-state index contributed by atoms with van der Waals surface area (Å²) in [6.45, 7) is 7.38. The molecular weight excluding hydrogens is 857 g/mol. The Hall–Kier alpha value is -4.91. The van der Waals surface area contributed by atoms with Crippen molar-refractivity contribution in [2.75, 3.05) is 26.7 Å². The summed E-state index contributed by atoms with van der Waals surface area (Å²) in [5.74, 6) is -5.49. The van der Waals surface area contributed by atoms with Gasteiger partial charge in [-0.2, -0.15) is 13.2 Å². The number of rotatable bonds is 15. The Balaban J connectivity index is 1.51. The Bertz CT molecular complexity index is 2080. The molecule has 0 spiro atoms. The van der Waals surface area contributed by atoms with Crippen LogP contribution >= 0.6 is 11.6 Å². The van der Waals surface area contributed by atoms with Gasteiger partial charge < -0.3 is 24.8 Å². The fraction of sp³-hybridized carbons (Fsp3) is 0.549. The third-order valence-electron chi connectivity index (χ3n) is 13.1. The third-order valence-corrected chi connectivity index (χ3v) is 13.5. The van der Waals surface area contributed by atoms with E-state index in [9.17, 15) is 37.1 Å². The van der Waals surface area contributed by atoms with Crippen LogP contribution in [0, 0.1) is 5.92 Å². The maximum Gasteiger partial charge on any atom is 0.471 e. The maximum atomic E-state index is 14.8. The summed E-state index contributed by atoms with van der Waals surface area (Å²) < 4.78 is 47.6. The molecule has 3 aromatic rings. The number of carbonyl (C=O) groups is 5. The number of alkyl halides is 3. The molecule has 0 radical (unpaired) electrons. The van der Waals surface area contributed by atoms with Crippen molar-refractivity contribution < 1.29 is 41.9 Å². The van der Waals surface area contributed by atoms with Crippen molar-refractivity contribution in [1.82, 2.24) is 20.0 Å². The number of nitrogens with zero attached hydrogens (tertiary/aromatic N) is 3. The fourth-order valence-electron chi connectivity index (χ4n) is 9.74. The molecule has 65 heavy (non-hydrogen) atoms. The Kier molecular flexibility index (Phi) is 17.7. The molecule has 1 saturated heterocycles. The predicted octanol–water partition coefficient (Wildman–Crippen LogP) is 9.95. The van der Waals surface area contributed by atoms with Crippen molar-refractivity contribution in [2.24, 2.45) is 5.92 Å². The van der Waals surface area contributed by atoms with Crippen molar-refractivity contribution in [1.29, 1.82) is 0 Å². The van der Waals surface area contributed by atoms with Crippen molar-refractivity contribution >= 4 is 41.2 Å². The first-order valence-corrected chi connectivity index (χ1v) is 23.6. The number of halogens is 4. The molecule has 0 bridgehead atoms. The molecule has 1 aliphatic carbocycles. The van der Waals surface area contributed by atoms with Crippen LogP contribution in [0.4, 0.5) is 13.2 Å². The van der Waals surface area contributed by atoms with Crippen LogP contribution in [0.5, 0.6) is 0 Å². The van der Waals surface area contributed by atoms with E-state index in [0.29, 0.717) is 45.6 Å². The molecule has 354 valence electrons. The largest absolute Gasteiger partial charge is 0.471 e. The molecule has 3 aromatic carbocycles. The number of hydrogen-bond donors (Lipinski definition) is 1. The first kappa shape index (κ1) is 51.1. The summed E-state index contributed by atoms with van der Waals surface area (Å²) in [5, 5.41) is 3.09. The number of nitrogens with one attached hydrogen (secondary N) is 1. The number of carbonyl (C=O) groups excluding carboxylic acids is 5. The Labute approximate surface area is 387 Å². The lowest BCUT2D eigenvalue weighted by molar-refractivity contribution is -0.192. The number of amides is 4. The average Bonchev–Trinajstić information content (AvgIpc) is 3.82. The fourth-order valence-corrected chi connectivity index (χ4v) is 10.0. The minimum absolute atomic E-state index is 0.340. The number of likely N-dealkylation sites (tertiary alicyclic amines) is 1. The van der Waals surface area contributed by atoms with Gasteiger partial charge in [-0.3, -0.25) is 24.0 Å². The first-order chi connectivity index (χ1) is 30.8. The molecule has 1 saturated carbocycles. The van der Waals surface area contributed by atoms with Gasteiger partial charge in [-0.25, -0.2) is 0 Å². The van der Waals surface area contributed by atoms with Gasteiger partial charge in [0.1, 0.15) is 17.6 Å². The monoisotopic (exact) mass is 922 g/mol. The predicted molar refractivity (Wildman–Crippen MR) is 246 cm³/mol. The van der Waals surface area contributed by atoms with Gasteiger partial charge in [-0.15, -0.1) is 0 Å². The highest BCUT2D eigenvalue weighted by Crippen LogP contribution is 2.45. The molecular formula is C51H66ClF3N4O6. The van der Waals surface area contributed by atoms with E-state index in [2.05, 4.69) is 17.4 Å². The van der Waals surface area contributed by atoms with E-state index in [1.807, 2.05) is 48.5 Å². The Morgan fingerprint density at radius 2 is 1.31 bits per heavy atom. The van der Waals surface area contributed by atoms with E-state index in [0.717, 1.165) is 43.4 Å². The summed E-state index contributed by atoms with van der Waals surface area (Å²) in [4.78, 5) is 73.0. The van der Waals surface area contributed by atoms with Crippen LogP contribution in [0.2, 0.25) is 5.02 Å². The number of hydrogen-bond acceptors (Lipinski definition) is 6. The lowest BCUT2D eigenvalue weighted by Gasteiger charge is -2.42. The zero-order valence-corrected chi connectivity index (χ0v) is 39.5. The summed E-state index contributed by atoms with van der Waals surface area (Å²) in [6, 6.07) is 21.8.